The number of aromatic nitrogens is 4. The topological polar surface area (TPSA) is 79.1 Å². The summed E-state index contributed by atoms with van der Waals surface area (Å²) < 4.78 is 11.4. The number of carbonyl (C=O) groups is 1. The molecular weight excluding hydrogens is 272 g/mol. The van der Waals surface area contributed by atoms with Gasteiger partial charge in [-0.1, -0.05) is 0 Å². The number of hydrogen-bond acceptors (Lipinski definition) is 6. The Balaban J connectivity index is 1.78. The lowest BCUT2D eigenvalue weighted by atomic mass is 9.93. The van der Waals surface area contributed by atoms with Crippen LogP contribution in [-0.2, 0) is 13.7 Å². The highest BCUT2D eigenvalue weighted by atomic mass is 16.5. The van der Waals surface area contributed by atoms with Crippen LogP contribution in [0.15, 0.2) is 18.2 Å². The largest absolute Gasteiger partial charge is 0.486 e. The van der Waals surface area contributed by atoms with Gasteiger partial charge in [0.05, 0.1) is 19.0 Å². The Morgan fingerprint density at radius 2 is 2.24 bits per heavy atom. The van der Waals surface area contributed by atoms with Crippen LogP contribution in [0, 0.1) is 0 Å². The number of tetrazole rings is 1. The zero-order chi connectivity index (χ0) is 15.0. The summed E-state index contributed by atoms with van der Waals surface area (Å²) in [5.74, 6) is 1.74. The van der Waals surface area contributed by atoms with Crippen LogP contribution in [0.25, 0.3) is 0 Å². The normalized spacial score (nSPS) is 16.2. The van der Waals surface area contributed by atoms with Crippen LogP contribution in [0.3, 0.4) is 0 Å². The van der Waals surface area contributed by atoms with Gasteiger partial charge in [0.1, 0.15) is 17.1 Å². The van der Waals surface area contributed by atoms with Gasteiger partial charge >= 0.3 is 0 Å². The minimum Gasteiger partial charge on any atom is -0.486 e. The van der Waals surface area contributed by atoms with E-state index in [1.165, 1.54) is 4.80 Å². The molecule has 2 heterocycles. The Morgan fingerprint density at radius 3 is 2.95 bits per heavy atom. The number of rotatable bonds is 3. The minimum absolute atomic E-state index is 0.0865. The van der Waals surface area contributed by atoms with E-state index < -0.39 is 5.60 Å². The zero-order valence-electron chi connectivity index (χ0n) is 12.2. The van der Waals surface area contributed by atoms with Crippen molar-refractivity contribution in [3.05, 3.63) is 29.6 Å². The van der Waals surface area contributed by atoms with Crippen LogP contribution >= 0.6 is 0 Å². The van der Waals surface area contributed by atoms with Crippen LogP contribution in [0.2, 0.25) is 0 Å². The third-order valence-electron chi connectivity index (χ3n) is 3.14. The van der Waals surface area contributed by atoms with Crippen LogP contribution in [0.5, 0.6) is 11.5 Å². The lowest BCUT2D eigenvalue weighted by Gasteiger charge is -2.31. The molecule has 0 spiro atoms. The predicted octanol–water partition coefficient (Wildman–Crippen LogP) is 1.53. The van der Waals surface area contributed by atoms with E-state index in [0.717, 1.165) is 0 Å². The van der Waals surface area contributed by atoms with Crippen molar-refractivity contribution in [2.75, 3.05) is 0 Å². The van der Waals surface area contributed by atoms with Crippen molar-refractivity contribution in [3.63, 3.8) is 0 Å². The molecule has 0 radical (unpaired) electrons. The summed E-state index contributed by atoms with van der Waals surface area (Å²) in [4.78, 5) is 13.4. The van der Waals surface area contributed by atoms with Crippen LogP contribution in [-0.4, -0.2) is 31.6 Å². The van der Waals surface area contributed by atoms with Crippen molar-refractivity contribution in [2.45, 2.75) is 32.5 Å². The zero-order valence-corrected chi connectivity index (χ0v) is 12.2. The molecule has 1 aromatic carbocycles. The summed E-state index contributed by atoms with van der Waals surface area (Å²) in [7, 11) is 1.69. The van der Waals surface area contributed by atoms with E-state index in [-0.39, 0.29) is 12.4 Å². The summed E-state index contributed by atoms with van der Waals surface area (Å²) in [6.07, 6.45) is 0.379. The number of ether oxygens (including phenoxy) is 2. The number of ketones is 1. The second-order valence-corrected chi connectivity index (χ2v) is 5.60. The standard InChI is InChI=1S/C14H16N4O3/c1-14(2)7-11(19)10-5-4-9(6-12(10)21-14)20-8-13-15-17-18(3)16-13/h4-6H,7-8H2,1-3H3. The van der Waals surface area contributed by atoms with Crippen molar-refractivity contribution < 1.29 is 14.3 Å². The molecule has 0 saturated carbocycles. The second kappa shape index (κ2) is 4.83. The SMILES string of the molecule is Cn1nnc(COc2ccc3c(c2)OC(C)(C)CC3=O)n1. The quantitative estimate of drug-likeness (QED) is 0.852. The number of aryl methyl sites for hydroxylation is 1. The third-order valence-corrected chi connectivity index (χ3v) is 3.14. The highest BCUT2D eigenvalue weighted by Crippen LogP contribution is 2.35. The Bertz CT molecular complexity index is 693. The smallest absolute Gasteiger partial charge is 0.212 e. The van der Waals surface area contributed by atoms with Gasteiger partial charge in [0.25, 0.3) is 0 Å². The van der Waals surface area contributed by atoms with Crippen molar-refractivity contribution in [1.82, 2.24) is 20.2 Å². The molecule has 1 aliphatic heterocycles. The number of fused-ring (bicyclic) bond motifs is 1. The first-order valence-electron chi connectivity index (χ1n) is 6.65. The first-order chi connectivity index (χ1) is 9.93. The van der Waals surface area contributed by atoms with Gasteiger partial charge in [0, 0.05) is 6.07 Å². The van der Waals surface area contributed by atoms with E-state index in [0.29, 0.717) is 29.3 Å². The van der Waals surface area contributed by atoms with Crippen LogP contribution < -0.4 is 9.47 Å². The number of hydrogen-bond donors (Lipinski definition) is 0. The molecule has 0 saturated heterocycles. The van der Waals surface area contributed by atoms with Gasteiger partial charge in [-0.2, -0.15) is 4.80 Å². The highest BCUT2D eigenvalue weighted by Gasteiger charge is 2.32. The van der Waals surface area contributed by atoms with Crippen molar-refractivity contribution >= 4 is 5.78 Å². The monoisotopic (exact) mass is 288 g/mol. The molecule has 0 fully saturated rings. The van der Waals surface area contributed by atoms with Gasteiger partial charge in [0.2, 0.25) is 5.82 Å². The fourth-order valence-electron chi connectivity index (χ4n) is 2.25. The predicted molar refractivity (Wildman–Crippen MR) is 73.2 cm³/mol. The molecular formula is C14H16N4O3. The maximum atomic E-state index is 12.0. The van der Waals surface area contributed by atoms with E-state index in [2.05, 4.69) is 15.4 Å². The van der Waals surface area contributed by atoms with E-state index >= 15 is 0 Å². The average molecular weight is 288 g/mol. The van der Waals surface area contributed by atoms with Gasteiger partial charge in [0.15, 0.2) is 12.4 Å². The Morgan fingerprint density at radius 1 is 1.43 bits per heavy atom. The summed E-state index contributed by atoms with van der Waals surface area (Å²) >= 11 is 0. The molecule has 0 aliphatic carbocycles. The second-order valence-electron chi connectivity index (χ2n) is 5.60. The minimum atomic E-state index is -0.491. The number of benzene rings is 1. The van der Waals surface area contributed by atoms with Gasteiger partial charge in [-0.05, 0) is 31.2 Å². The summed E-state index contributed by atoms with van der Waals surface area (Å²) in [5, 5.41) is 11.6. The summed E-state index contributed by atoms with van der Waals surface area (Å²) in [6.45, 7) is 4.00. The van der Waals surface area contributed by atoms with Crippen molar-refractivity contribution in [2.24, 2.45) is 7.05 Å². The third kappa shape index (κ3) is 2.86. The van der Waals surface area contributed by atoms with E-state index in [1.54, 1.807) is 25.2 Å². The highest BCUT2D eigenvalue weighted by molar-refractivity contribution is 6.00. The molecule has 0 unspecified atom stereocenters. The molecule has 1 aliphatic rings. The maximum Gasteiger partial charge on any atom is 0.212 e. The first-order valence-corrected chi connectivity index (χ1v) is 6.65. The van der Waals surface area contributed by atoms with Crippen molar-refractivity contribution in [3.8, 4) is 11.5 Å². The molecule has 3 rings (SSSR count). The number of carbonyl (C=O) groups excluding carboxylic acids is 1. The Hall–Kier alpha value is -2.44. The molecule has 7 heteroatoms. The van der Waals surface area contributed by atoms with Gasteiger partial charge in [-0.3, -0.25) is 4.79 Å². The van der Waals surface area contributed by atoms with Gasteiger partial charge in [-0.15, -0.1) is 10.2 Å². The molecule has 2 aromatic rings. The Kier molecular flexibility index (Phi) is 3.12. The van der Waals surface area contributed by atoms with Crippen LogP contribution in [0.1, 0.15) is 36.5 Å². The van der Waals surface area contributed by atoms with Crippen LogP contribution in [0.4, 0.5) is 0 Å². The number of Topliss-reactive ketones (excluding diaryl/α,β-unsaturated/α-hetero) is 1. The molecule has 0 N–H and O–H groups in total. The molecule has 1 aromatic heterocycles. The van der Waals surface area contributed by atoms with E-state index in [1.807, 2.05) is 13.8 Å². The molecule has 0 atom stereocenters. The molecule has 7 nitrogen and oxygen atoms in total. The summed E-state index contributed by atoms with van der Waals surface area (Å²) in [5.41, 5.74) is 0.106. The summed E-state index contributed by atoms with van der Waals surface area (Å²) in [6, 6.07) is 5.20. The van der Waals surface area contributed by atoms with E-state index in [4.69, 9.17) is 9.47 Å². The fourth-order valence-corrected chi connectivity index (χ4v) is 2.25. The lowest BCUT2D eigenvalue weighted by Crippen LogP contribution is -2.35. The maximum absolute atomic E-state index is 12.0. The molecule has 0 amide bonds. The molecule has 21 heavy (non-hydrogen) atoms. The Labute approximate surface area is 121 Å². The fraction of sp³-hybridized carbons (Fsp3) is 0.429. The van der Waals surface area contributed by atoms with Gasteiger partial charge in [-0.25, -0.2) is 0 Å². The molecule has 0 bridgehead atoms. The van der Waals surface area contributed by atoms with Crippen molar-refractivity contribution in [1.29, 1.82) is 0 Å². The molecule has 110 valence electrons. The number of nitrogens with zero attached hydrogens (tertiary/aromatic N) is 4. The lowest BCUT2D eigenvalue weighted by molar-refractivity contribution is 0.0618. The van der Waals surface area contributed by atoms with Gasteiger partial charge < -0.3 is 9.47 Å². The van der Waals surface area contributed by atoms with E-state index in [9.17, 15) is 4.79 Å². The first kappa shape index (κ1) is 13.5. The average Bonchev–Trinajstić information content (AvgIpc) is 2.80.